The lowest BCUT2D eigenvalue weighted by atomic mass is 10.0. The van der Waals surface area contributed by atoms with Crippen molar-refractivity contribution >= 4 is 15.9 Å². The maximum absolute atomic E-state index is 13.2. The molecule has 0 aliphatic rings. The molecule has 0 aliphatic heterocycles. The molecule has 2 nitrogen and oxygen atoms in total. The van der Waals surface area contributed by atoms with Gasteiger partial charge in [-0.1, -0.05) is 13.0 Å². The van der Waals surface area contributed by atoms with Crippen LogP contribution < -0.4 is 5.32 Å². The molecule has 2 unspecified atom stereocenters. The van der Waals surface area contributed by atoms with E-state index in [0.29, 0.717) is 11.1 Å². The van der Waals surface area contributed by atoms with Crippen LogP contribution in [0.15, 0.2) is 22.7 Å². The van der Waals surface area contributed by atoms with Gasteiger partial charge in [-0.15, -0.1) is 0 Å². The van der Waals surface area contributed by atoms with Crippen molar-refractivity contribution in [3.8, 4) is 0 Å². The van der Waals surface area contributed by atoms with Crippen LogP contribution in [0.25, 0.3) is 0 Å². The van der Waals surface area contributed by atoms with Gasteiger partial charge in [-0.3, -0.25) is 0 Å². The Morgan fingerprint density at radius 1 is 1.39 bits per heavy atom. The van der Waals surface area contributed by atoms with E-state index in [2.05, 4.69) is 35.1 Å². The SMILES string of the molecule is CCNC(Cc1ccc(F)c(Br)c1)C(C)OCC. The Morgan fingerprint density at radius 3 is 2.67 bits per heavy atom. The van der Waals surface area contributed by atoms with Crippen molar-refractivity contribution < 1.29 is 9.13 Å². The number of ether oxygens (including phenoxy) is 1. The van der Waals surface area contributed by atoms with E-state index in [1.54, 1.807) is 0 Å². The number of hydrogen-bond acceptors (Lipinski definition) is 2. The molecule has 0 saturated carbocycles. The van der Waals surface area contributed by atoms with Crippen molar-refractivity contribution in [1.82, 2.24) is 5.32 Å². The summed E-state index contributed by atoms with van der Waals surface area (Å²) in [6.45, 7) is 7.73. The van der Waals surface area contributed by atoms with E-state index in [4.69, 9.17) is 4.74 Å². The van der Waals surface area contributed by atoms with E-state index in [0.717, 1.165) is 18.5 Å². The molecule has 0 aromatic heterocycles. The largest absolute Gasteiger partial charge is 0.377 e. The lowest BCUT2D eigenvalue weighted by Gasteiger charge is -2.25. The van der Waals surface area contributed by atoms with E-state index in [-0.39, 0.29) is 18.0 Å². The standard InChI is InChI=1S/C14H21BrFNO/c1-4-17-14(10(3)18-5-2)9-11-6-7-13(16)12(15)8-11/h6-8,10,14,17H,4-5,9H2,1-3H3. The van der Waals surface area contributed by atoms with Gasteiger partial charge >= 0.3 is 0 Å². The first kappa shape index (κ1) is 15.6. The summed E-state index contributed by atoms with van der Waals surface area (Å²) in [5, 5.41) is 3.42. The summed E-state index contributed by atoms with van der Waals surface area (Å²) in [6.07, 6.45) is 0.965. The molecule has 0 bridgehead atoms. The van der Waals surface area contributed by atoms with Gasteiger partial charge < -0.3 is 10.1 Å². The number of halogens is 2. The fourth-order valence-electron chi connectivity index (χ4n) is 1.97. The Labute approximate surface area is 117 Å². The van der Waals surface area contributed by atoms with Gasteiger partial charge in [0.15, 0.2) is 0 Å². The van der Waals surface area contributed by atoms with E-state index >= 15 is 0 Å². The number of benzene rings is 1. The monoisotopic (exact) mass is 317 g/mol. The third kappa shape index (κ3) is 4.67. The molecular formula is C14H21BrFNO. The van der Waals surface area contributed by atoms with E-state index in [1.807, 2.05) is 19.1 Å². The fourth-order valence-corrected chi connectivity index (χ4v) is 2.39. The molecule has 1 N–H and O–H groups in total. The molecule has 1 aromatic rings. The van der Waals surface area contributed by atoms with E-state index in [9.17, 15) is 4.39 Å². The van der Waals surface area contributed by atoms with Crippen LogP contribution >= 0.6 is 15.9 Å². The van der Waals surface area contributed by atoms with Crippen molar-refractivity contribution in [3.63, 3.8) is 0 Å². The normalized spacial score (nSPS) is 14.5. The van der Waals surface area contributed by atoms with Crippen LogP contribution in [-0.2, 0) is 11.2 Å². The zero-order chi connectivity index (χ0) is 13.5. The molecule has 4 heteroatoms. The molecule has 102 valence electrons. The summed E-state index contributed by atoms with van der Waals surface area (Å²) in [5.41, 5.74) is 1.10. The Bertz CT molecular complexity index is 373. The van der Waals surface area contributed by atoms with Crippen molar-refractivity contribution in [2.75, 3.05) is 13.2 Å². The van der Waals surface area contributed by atoms with Crippen molar-refractivity contribution in [2.24, 2.45) is 0 Å². The van der Waals surface area contributed by atoms with Gasteiger partial charge in [0.05, 0.1) is 10.6 Å². The summed E-state index contributed by atoms with van der Waals surface area (Å²) in [4.78, 5) is 0. The molecule has 0 saturated heterocycles. The average Bonchev–Trinajstić information content (AvgIpc) is 2.33. The van der Waals surface area contributed by atoms with Crippen molar-refractivity contribution in [1.29, 1.82) is 0 Å². The first-order chi connectivity index (χ1) is 8.58. The smallest absolute Gasteiger partial charge is 0.137 e. The number of rotatable bonds is 7. The van der Waals surface area contributed by atoms with Crippen molar-refractivity contribution in [2.45, 2.75) is 39.3 Å². The lowest BCUT2D eigenvalue weighted by molar-refractivity contribution is 0.0480. The second-order valence-corrected chi connectivity index (χ2v) is 5.13. The third-order valence-corrected chi connectivity index (χ3v) is 3.51. The van der Waals surface area contributed by atoms with Crippen molar-refractivity contribution in [3.05, 3.63) is 34.1 Å². The maximum atomic E-state index is 13.2. The Kier molecular flexibility index (Phi) is 6.82. The second kappa shape index (κ2) is 7.87. The number of likely N-dealkylation sites (N-methyl/N-ethyl adjacent to an activating group) is 1. The first-order valence-electron chi connectivity index (χ1n) is 6.37. The molecule has 0 spiro atoms. The fraction of sp³-hybridized carbons (Fsp3) is 0.571. The summed E-state index contributed by atoms with van der Waals surface area (Å²) in [5.74, 6) is -0.225. The minimum absolute atomic E-state index is 0.138. The molecule has 1 aromatic carbocycles. The van der Waals surface area contributed by atoms with Gasteiger partial charge in [0.1, 0.15) is 5.82 Å². The Balaban J connectivity index is 2.72. The third-order valence-electron chi connectivity index (χ3n) is 2.90. The van der Waals surface area contributed by atoms with Gasteiger partial charge in [-0.25, -0.2) is 4.39 Å². The highest BCUT2D eigenvalue weighted by atomic mass is 79.9. The van der Waals surface area contributed by atoms with Crippen LogP contribution in [-0.4, -0.2) is 25.3 Å². The van der Waals surface area contributed by atoms with Gasteiger partial charge in [-0.2, -0.15) is 0 Å². The zero-order valence-electron chi connectivity index (χ0n) is 11.2. The highest BCUT2D eigenvalue weighted by Crippen LogP contribution is 2.18. The summed E-state index contributed by atoms with van der Waals surface area (Å²) in [6, 6.07) is 5.39. The van der Waals surface area contributed by atoms with Crippen LogP contribution in [0.5, 0.6) is 0 Å². The van der Waals surface area contributed by atoms with Gasteiger partial charge in [-0.05, 0) is 60.4 Å². The van der Waals surface area contributed by atoms with Gasteiger partial charge in [0.2, 0.25) is 0 Å². The van der Waals surface area contributed by atoms with Crippen LogP contribution in [0.1, 0.15) is 26.3 Å². The molecule has 18 heavy (non-hydrogen) atoms. The molecule has 0 aliphatic carbocycles. The quantitative estimate of drug-likeness (QED) is 0.830. The van der Waals surface area contributed by atoms with Crippen LogP contribution in [0, 0.1) is 5.82 Å². The summed E-state index contributed by atoms with van der Waals surface area (Å²) in [7, 11) is 0. The van der Waals surface area contributed by atoms with Gasteiger partial charge in [0.25, 0.3) is 0 Å². The van der Waals surface area contributed by atoms with E-state index < -0.39 is 0 Å². The van der Waals surface area contributed by atoms with Crippen LogP contribution in [0.4, 0.5) is 4.39 Å². The molecule has 0 radical (unpaired) electrons. The second-order valence-electron chi connectivity index (χ2n) is 4.28. The Hall–Kier alpha value is -0.450. The topological polar surface area (TPSA) is 21.3 Å². The number of hydrogen-bond donors (Lipinski definition) is 1. The van der Waals surface area contributed by atoms with E-state index in [1.165, 1.54) is 6.07 Å². The highest BCUT2D eigenvalue weighted by molar-refractivity contribution is 9.10. The molecule has 1 rings (SSSR count). The Morgan fingerprint density at radius 2 is 2.11 bits per heavy atom. The molecule has 0 fully saturated rings. The maximum Gasteiger partial charge on any atom is 0.137 e. The molecule has 2 atom stereocenters. The van der Waals surface area contributed by atoms with Gasteiger partial charge in [0, 0.05) is 12.6 Å². The number of nitrogens with one attached hydrogen (secondary N) is 1. The summed E-state index contributed by atoms with van der Waals surface area (Å²) < 4.78 is 19.3. The minimum atomic E-state index is -0.225. The molecular weight excluding hydrogens is 297 g/mol. The predicted octanol–water partition coefficient (Wildman–Crippen LogP) is 3.53. The molecule has 0 heterocycles. The first-order valence-corrected chi connectivity index (χ1v) is 7.16. The molecule has 0 amide bonds. The lowest BCUT2D eigenvalue weighted by Crippen LogP contribution is -2.41. The summed E-state index contributed by atoms with van der Waals surface area (Å²) >= 11 is 3.22. The highest BCUT2D eigenvalue weighted by Gasteiger charge is 2.17. The minimum Gasteiger partial charge on any atom is -0.377 e. The average molecular weight is 318 g/mol. The van der Waals surface area contributed by atoms with Crippen LogP contribution in [0.2, 0.25) is 0 Å². The van der Waals surface area contributed by atoms with Crippen LogP contribution in [0.3, 0.4) is 0 Å². The predicted molar refractivity (Wildman–Crippen MR) is 76.4 cm³/mol. The zero-order valence-corrected chi connectivity index (χ0v) is 12.8.